The van der Waals surface area contributed by atoms with Crippen molar-refractivity contribution in [3.05, 3.63) is 92.6 Å². The summed E-state index contributed by atoms with van der Waals surface area (Å²) in [5.74, 6) is 1.07. The lowest BCUT2D eigenvalue weighted by atomic mass is 9.95. The van der Waals surface area contributed by atoms with E-state index < -0.39 is 24.3 Å². The van der Waals surface area contributed by atoms with Gasteiger partial charge in [-0.3, -0.25) is 5.43 Å². The second-order valence-corrected chi connectivity index (χ2v) is 11.1. The van der Waals surface area contributed by atoms with Crippen LogP contribution in [0.3, 0.4) is 0 Å². The Balaban J connectivity index is 1.41. The van der Waals surface area contributed by atoms with Crippen LogP contribution in [-0.4, -0.2) is 56.5 Å². The molecule has 0 aromatic heterocycles. The molecule has 0 unspecified atom stereocenters. The third-order valence-corrected chi connectivity index (χ3v) is 7.54. The Labute approximate surface area is 286 Å². The molecule has 48 heavy (non-hydrogen) atoms. The standard InChI is InChI=1S/C34H36BrN5O8/c1-5-45-27-15-22(31-30(33(42)44-4)20(3)38-34(43)39-31)11-12-26(27)47-19-29(41)40-37-17-21-13-25(35)32(28(14-21)46-6-2)48-18-24-10-8-7-9-23(24)16-36/h7-15,17,29,31,40-41H,5-6,18-19H2,1-4H3,(H2,38,39,43)/b37-17-/t29-,31-/m1/s1. The Bertz CT molecular complexity index is 1740. The minimum Gasteiger partial charge on any atom is -0.490 e. The van der Waals surface area contributed by atoms with Gasteiger partial charge in [-0.1, -0.05) is 24.3 Å². The maximum Gasteiger partial charge on any atom is 0.337 e. The van der Waals surface area contributed by atoms with E-state index in [2.05, 4.69) is 43.2 Å². The molecule has 0 aliphatic carbocycles. The van der Waals surface area contributed by atoms with E-state index in [1.165, 1.54) is 13.3 Å². The zero-order valence-corrected chi connectivity index (χ0v) is 28.4. The fourth-order valence-electron chi connectivity index (χ4n) is 4.79. The van der Waals surface area contributed by atoms with E-state index in [4.69, 9.17) is 23.7 Å². The fraction of sp³-hybridized carbons (Fsp3) is 0.294. The van der Waals surface area contributed by atoms with Gasteiger partial charge < -0.3 is 39.4 Å². The first-order valence-corrected chi connectivity index (χ1v) is 15.8. The van der Waals surface area contributed by atoms with Crippen LogP contribution in [0.4, 0.5) is 4.79 Å². The van der Waals surface area contributed by atoms with Crippen molar-refractivity contribution in [1.82, 2.24) is 16.1 Å². The van der Waals surface area contributed by atoms with E-state index in [0.717, 1.165) is 5.56 Å². The molecule has 13 nitrogen and oxygen atoms in total. The summed E-state index contributed by atoms with van der Waals surface area (Å²) in [7, 11) is 1.27. The van der Waals surface area contributed by atoms with Gasteiger partial charge in [-0.05, 0) is 78.2 Å². The zero-order chi connectivity index (χ0) is 34.6. The van der Waals surface area contributed by atoms with Gasteiger partial charge in [0.1, 0.15) is 13.2 Å². The third kappa shape index (κ3) is 8.96. The number of aliphatic hydroxyl groups excluding tert-OH is 1. The summed E-state index contributed by atoms with van der Waals surface area (Å²) in [6, 6.07) is 16.6. The first-order chi connectivity index (χ1) is 23.2. The largest absolute Gasteiger partial charge is 0.490 e. The number of carbonyl (C=O) groups excluding carboxylic acids is 2. The van der Waals surface area contributed by atoms with Gasteiger partial charge in [0.2, 0.25) is 0 Å². The molecule has 0 fully saturated rings. The van der Waals surface area contributed by atoms with Crippen LogP contribution in [0.25, 0.3) is 0 Å². The van der Waals surface area contributed by atoms with Crippen LogP contribution in [0.1, 0.15) is 49.1 Å². The molecular weight excluding hydrogens is 686 g/mol. The number of aliphatic hydroxyl groups is 1. The lowest BCUT2D eigenvalue weighted by Crippen LogP contribution is -2.45. The predicted octanol–water partition coefficient (Wildman–Crippen LogP) is 4.82. The van der Waals surface area contributed by atoms with Crippen LogP contribution < -0.4 is 35.0 Å². The third-order valence-electron chi connectivity index (χ3n) is 6.95. The topological polar surface area (TPSA) is 173 Å². The molecular formula is C34H36BrN5O8. The minimum atomic E-state index is -1.19. The number of nitrogens with zero attached hydrogens (tertiary/aromatic N) is 2. The van der Waals surface area contributed by atoms with Gasteiger partial charge in [0, 0.05) is 11.3 Å². The molecule has 1 aliphatic heterocycles. The summed E-state index contributed by atoms with van der Waals surface area (Å²) < 4.78 is 28.9. The molecule has 1 aliphatic rings. The van der Waals surface area contributed by atoms with E-state index in [1.807, 2.05) is 19.1 Å². The van der Waals surface area contributed by atoms with Crippen molar-refractivity contribution >= 4 is 34.1 Å². The van der Waals surface area contributed by atoms with Crippen LogP contribution in [0.15, 0.2) is 75.4 Å². The number of hydrazone groups is 1. The van der Waals surface area contributed by atoms with Gasteiger partial charge in [0.15, 0.2) is 29.2 Å². The Morgan fingerprint density at radius 1 is 1.08 bits per heavy atom. The van der Waals surface area contributed by atoms with Crippen LogP contribution >= 0.6 is 15.9 Å². The number of nitrogens with one attached hydrogen (secondary N) is 3. The van der Waals surface area contributed by atoms with Crippen molar-refractivity contribution < 1.29 is 38.4 Å². The maximum atomic E-state index is 12.5. The van der Waals surface area contributed by atoms with Crippen LogP contribution in [0, 0.1) is 11.3 Å². The second kappa shape index (κ2) is 17.1. The van der Waals surface area contributed by atoms with Crippen molar-refractivity contribution in [3.8, 4) is 29.1 Å². The van der Waals surface area contributed by atoms with E-state index in [-0.39, 0.29) is 18.8 Å². The smallest absolute Gasteiger partial charge is 0.337 e. The number of methoxy groups -OCH3 is 1. The summed E-state index contributed by atoms with van der Waals surface area (Å²) in [5.41, 5.74) is 5.78. The summed E-state index contributed by atoms with van der Waals surface area (Å²) in [5, 5.41) is 29.4. The minimum absolute atomic E-state index is 0.178. The average Bonchev–Trinajstić information content (AvgIpc) is 3.07. The number of carbonyl (C=O) groups is 2. The highest BCUT2D eigenvalue weighted by Crippen LogP contribution is 2.38. The van der Waals surface area contributed by atoms with Gasteiger partial charge >= 0.3 is 12.0 Å². The number of allylic oxidation sites excluding steroid dienone is 1. The van der Waals surface area contributed by atoms with Crippen molar-refractivity contribution in [2.45, 2.75) is 39.6 Å². The molecule has 252 valence electrons. The molecule has 3 aromatic rings. The molecule has 0 radical (unpaired) electrons. The van der Waals surface area contributed by atoms with Gasteiger partial charge in [0.05, 0.1) is 54.3 Å². The first kappa shape index (κ1) is 35.6. The summed E-state index contributed by atoms with van der Waals surface area (Å²) in [6.07, 6.45) is 0.321. The molecule has 0 saturated heterocycles. The Morgan fingerprint density at radius 2 is 1.83 bits per heavy atom. The molecule has 2 atom stereocenters. The number of esters is 1. The van der Waals surface area contributed by atoms with Crippen molar-refractivity contribution in [2.24, 2.45) is 5.10 Å². The summed E-state index contributed by atoms with van der Waals surface area (Å²) in [6.45, 7) is 5.99. The van der Waals surface area contributed by atoms with Crippen molar-refractivity contribution in [1.29, 1.82) is 5.26 Å². The predicted molar refractivity (Wildman–Crippen MR) is 180 cm³/mol. The lowest BCUT2D eigenvalue weighted by molar-refractivity contribution is -0.136. The number of halogens is 1. The molecule has 0 saturated carbocycles. The van der Waals surface area contributed by atoms with E-state index in [0.29, 0.717) is 63.1 Å². The number of urea groups is 1. The Kier molecular flexibility index (Phi) is 12.6. The van der Waals surface area contributed by atoms with Crippen LogP contribution in [0.2, 0.25) is 0 Å². The SMILES string of the molecule is CCOc1cc([C@H]2NC(=O)NC(C)=C2C(=O)OC)ccc1OC[C@@H](O)N/N=C\c1cc(Br)c(OCc2ccccc2C#N)c(OCC)c1. The average molecular weight is 723 g/mol. The lowest BCUT2D eigenvalue weighted by Gasteiger charge is -2.28. The zero-order valence-electron chi connectivity index (χ0n) is 26.8. The number of amides is 2. The van der Waals surface area contributed by atoms with Gasteiger partial charge in [-0.2, -0.15) is 10.4 Å². The number of hydrogen-bond acceptors (Lipinski definition) is 11. The Morgan fingerprint density at radius 3 is 2.56 bits per heavy atom. The molecule has 4 N–H and O–H groups in total. The van der Waals surface area contributed by atoms with Crippen molar-refractivity contribution in [3.63, 3.8) is 0 Å². The van der Waals surface area contributed by atoms with Crippen LogP contribution in [-0.2, 0) is 16.1 Å². The van der Waals surface area contributed by atoms with E-state index >= 15 is 0 Å². The Hall–Kier alpha value is -5.26. The number of rotatable bonds is 15. The van der Waals surface area contributed by atoms with E-state index in [9.17, 15) is 20.0 Å². The molecule has 4 rings (SSSR count). The molecule has 14 heteroatoms. The summed E-state index contributed by atoms with van der Waals surface area (Å²) in [4.78, 5) is 24.7. The summed E-state index contributed by atoms with van der Waals surface area (Å²) >= 11 is 3.54. The van der Waals surface area contributed by atoms with Crippen molar-refractivity contribution in [2.75, 3.05) is 26.9 Å². The highest BCUT2D eigenvalue weighted by Gasteiger charge is 2.32. The monoisotopic (exact) mass is 721 g/mol. The molecule has 0 bridgehead atoms. The molecule has 2 amide bonds. The van der Waals surface area contributed by atoms with Gasteiger partial charge in [-0.15, -0.1) is 0 Å². The maximum absolute atomic E-state index is 12.5. The second-order valence-electron chi connectivity index (χ2n) is 10.2. The number of ether oxygens (including phenoxy) is 5. The highest BCUT2D eigenvalue weighted by atomic mass is 79.9. The van der Waals surface area contributed by atoms with Gasteiger partial charge in [-0.25, -0.2) is 9.59 Å². The number of hydrogen-bond donors (Lipinski definition) is 4. The van der Waals surface area contributed by atoms with Gasteiger partial charge in [0.25, 0.3) is 0 Å². The normalized spacial score (nSPS) is 14.8. The van der Waals surface area contributed by atoms with E-state index in [1.54, 1.807) is 56.3 Å². The quantitative estimate of drug-likeness (QED) is 0.0738. The number of nitriles is 1. The number of benzene rings is 3. The highest BCUT2D eigenvalue weighted by molar-refractivity contribution is 9.10. The molecule has 0 spiro atoms. The molecule has 1 heterocycles. The fourth-order valence-corrected chi connectivity index (χ4v) is 5.36. The molecule has 3 aromatic carbocycles. The first-order valence-electron chi connectivity index (χ1n) is 15.0. The van der Waals surface area contributed by atoms with Crippen LogP contribution in [0.5, 0.6) is 23.0 Å².